The lowest BCUT2D eigenvalue weighted by Gasteiger charge is -2.14. The summed E-state index contributed by atoms with van der Waals surface area (Å²) in [5.41, 5.74) is 6.19. The van der Waals surface area contributed by atoms with E-state index in [0.29, 0.717) is 5.56 Å². The second-order valence-corrected chi connectivity index (χ2v) is 5.42. The summed E-state index contributed by atoms with van der Waals surface area (Å²) >= 11 is 0. The predicted octanol–water partition coefficient (Wildman–Crippen LogP) is 4.10. The minimum Gasteiger partial charge on any atom is -0.487 e. The number of pyridine rings is 1. The molecule has 0 atom stereocenters. The molecule has 0 saturated carbocycles. The molecular formula is C19H15F2N3O2. The van der Waals surface area contributed by atoms with Crippen molar-refractivity contribution in [3.63, 3.8) is 0 Å². The zero-order valence-corrected chi connectivity index (χ0v) is 13.6. The van der Waals surface area contributed by atoms with Gasteiger partial charge in [0, 0.05) is 6.20 Å². The summed E-state index contributed by atoms with van der Waals surface area (Å²) in [4.78, 5) is 15.4. The zero-order valence-electron chi connectivity index (χ0n) is 13.6. The standard InChI is InChI=1S/C19H15F2N3O2/c20-13-5-1-4-12(10-13)11-26-16-8-3-9-23-18(16)17-14(21)6-2-7-15(17)24-19(22)25/h1-10H,11H2,(H3,22,24,25). The van der Waals surface area contributed by atoms with Gasteiger partial charge >= 0.3 is 6.03 Å². The quantitative estimate of drug-likeness (QED) is 0.723. The maximum Gasteiger partial charge on any atom is 0.316 e. The smallest absolute Gasteiger partial charge is 0.316 e. The van der Waals surface area contributed by atoms with Gasteiger partial charge in [-0.25, -0.2) is 13.6 Å². The van der Waals surface area contributed by atoms with Crippen molar-refractivity contribution in [2.24, 2.45) is 5.73 Å². The molecule has 2 amide bonds. The number of hydrogen-bond donors (Lipinski definition) is 2. The number of urea groups is 1. The monoisotopic (exact) mass is 355 g/mol. The molecule has 3 aromatic rings. The molecule has 0 aliphatic carbocycles. The minimum atomic E-state index is -0.824. The highest BCUT2D eigenvalue weighted by Crippen LogP contribution is 2.35. The van der Waals surface area contributed by atoms with Crippen molar-refractivity contribution >= 4 is 11.7 Å². The van der Waals surface area contributed by atoms with Crippen LogP contribution in [0.25, 0.3) is 11.3 Å². The summed E-state index contributed by atoms with van der Waals surface area (Å²) in [6.45, 7) is 0.0729. The molecule has 7 heteroatoms. The van der Waals surface area contributed by atoms with Crippen LogP contribution >= 0.6 is 0 Å². The van der Waals surface area contributed by atoms with E-state index >= 15 is 0 Å². The van der Waals surface area contributed by atoms with Crippen molar-refractivity contribution in [2.45, 2.75) is 6.61 Å². The first-order valence-corrected chi connectivity index (χ1v) is 7.72. The summed E-state index contributed by atoms with van der Waals surface area (Å²) < 4.78 is 33.4. The number of ether oxygens (including phenoxy) is 1. The molecule has 3 N–H and O–H groups in total. The zero-order chi connectivity index (χ0) is 18.5. The third-order valence-corrected chi connectivity index (χ3v) is 3.56. The van der Waals surface area contributed by atoms with Gasteiger partial charge in [0.05, 0.1) is 11.3 Å². The second kappa shape index (κ2) is 7.60. The van der Waals surface area contributed by atoms with E-state index in [-0.39, 0.29) is 35.1 Å². The second-order valence-electron chi connectivity index (χ2n) is 5.42. The van der Waals surface area contributed by atoms with E-state index in [1.54, 1.807) is 24.3 Å². The third kappa shape index (κ3) is 3.94. The molecule has 2 aromatic carbocycles. The lowest BCUT2D eigenvalue weighted by molar-refractivity contribution is 0.259. The highest BCUT2D eigenvalue weighted by Gasteiger charge is 2.17. The highest BCUT2D eigenvalue weighted by molar-refractivity contribution is 5.93. The Hall–Kier alpha value is -3.48. The molecule has 0 fully saturated rings. The lowest BCUT2D eigenvalue weighted by Crippen LogP contribution is -2.20. The van der Waals surface area contributed by atoms with Crippen molar-refractivity contribution in [2.75, 3.05) is 5.32 Å². The van der Waals surface area contributed by atoms with E-state index in [4.69, 9.17) is 10.5 Å². The first-order chi connectivity index (χ1) is 12.5. The summed E-state index contributed by atoms with van der Waals surface area (Å²) in [6.07, 6.45) is 1.48. The topological polar surface area (TPSA) is 77.2 Å². The molecule has 0 spiro atoms. The number of anilines is 1. The number of nitrogens with zero attached hydrogens (tertiary/aromatic N) is 1. The fourth-order valence-corrected chi connectivity index (χ4v) is 2.48. The number of nitrogens with two attached hydrogens (primary N) is 1. The van der Waals surface area contributed by atoms with Crippen molar-refractivity contribution in [3.05, 3.63) is 78.0 Å². The van der Waals surface area contributed by atoms with Gasteiger partial charge in [-0.3, -0.25) is 4.98 Å². The molecule has 0 saturated heterocycles. The van der Waals surface area contributed by atoms with Crippen LogP contribution in [-0.2, 0) is 6.61 Å². The summed E-state index contributed by atoms with van der Waals surface area (Å²) in [5, 5.41) is 2.37. The Morgan fingerprint density at radius 2 is 1.92 bits per heavy atom. The number of nitrogens with one attached hydrogen (secondary N) is 1. The molecule has 132 valence electrons. The van der Waals surface area contributed by atoms with Gasteiger partial charge in [-0.1, -0.05) is 18.2 Å². The number of primary amides is 1. The van der Waals surface area contributed by atoms with Crippen molar-refractivity contribution < 1.29 is 18.3 Å². The Morgan fingerprint density at radius 3 is 2.69 bits per heavy atom. The number of hydrogen-bond acceptors (Lipinski definition) is 3. The van der Waals surface area contributed by atoms with E-state index in [1.165, 1.54) is 36.5 Å². The van der Waals surface area contributed by atoms with Gasteiger partial charge in [-0.2, -0.15) is 0 Å². The van der Waals surface area contributed by atoms with Crippen LogP contribution in [0.4, 0.5) is 19.3 Å². The number of amides is 2. The average Bonchev–Trinajstić information content (AvgIpc) is 2.60. The predicted molar refractivity (Wildman–Crippen MR) is 93.6 cm³/mol. The largest absolute Gasteiger partial charge is 0.487 e. The van der Waals surface area contributed by atoms with Gasteiger partial charge in [0.25, 0.3) is 0 Å². The third-order valence-electron chi connectivity index (χ3n) is 3.56. The van der Waals surface area contributed by atoms with Gasteiger partial charge in [0.1, 0.15) is 29.7 Å². The Morgan fingerprint density at radius 1 is 1.12 bits per heavy atom. The molecule has 1 heterocycles. The van der Waals surface area contributed by atoms with Crippen LogP contribution in [-0.4, -0.2) is 11.0 Å². The molecule has 0 unspecified atom stereocenters. The summed E-state index contributed by atoms with van der Waals surface area (Å²) in [7, 11) is 0. The molecule has 5 nitrogen and oxygen atoms in total. The fraction of sp³-hybridized carbons (Fsp3) is 0.0526. The molecule has 0 aliphatic rings. The first kappa shape index (κ1) is 17.3. The van der Waals surface area contributed by atoms with Crippen molar-refractivity contribution in [3.8, 4) is 17.0 Å². The van der Waals surface area contributed by atoms with Crippen LogP contribution in [0.5, 0.6) is 5.75 Å². The average molecular weight is 355 g/mol. The Balaban J connectivity index is 1.96. The Bertz CT molecular complexity index is 948. The SMILES string of the molecule is NC(=O)Nc1cccc(F)c1-c1ncccc1OCc1cccc(F)c1. The number of rotatable bonds is 5. The molecule has 1 aromatic heterocycles. The van der Waals surface area contributed by atoms with Crippen LogP contribution in [0, 0.1) is 11.6 Å². The number of benzene rings is 2. The van der Waals surface area contributed by atoms with Gasteiger partial charge in [-0.05, 0) is 42.0 Å². The van der Waals surface area contributed by atoms with Crippen LogP contribution in [0.15, 0.2) is 60.8 Å². The van der Waals surface area contributed by atoms with E-state index in [9.17, 15) is 13.6 Å². The van der Waals surface area contributed by atoms with E-state index in [0.717, 1.165) is 0 Å². The number of halogens is 2. The van der Waals surface area contributed by atoms with Gasteiger partial charge in [0.15, 0.2) is 0 Å². The molecule has 0 bridgehead atoms. The van der Waals surface area contributed by atoms with Crippen molar-refractivity contribution in [1.29, 1.82) is 0 Å². The maximum atomic E-state index is 14.4. The van der Waals surface area contributed by atoms with Gasteiger partial charge in [-0.15, -0.1) is 0 Å². The highest BCUT2D eigenvalue weighted by atomic mass is 19.1. The van der Waals surface area contributed by atoms with Crippen LogP contribution in [0.3, 0.4) is 0 Å². The van der Waals surface area contributed by atoms with Crippen LogP contribution in [0.1, 0.15) is 5.56 Å². The molecule has 26 heavy (non-hydrogen) atoms. The lowest BCUT2D eigenvalue weighted by atomic mass is 10.1. The van der Waals surface area contributed by atoms with Crippen LogP contribution in [0.2, 0.25) is 0 Å². The van der Waals surface area contributed by atoms with Crippen molar-refractivity contribution in [1.82, 2.24) is 4.98 Å². The summed E-state index contributed by atoms with van der Waals surface area (Å²) in [6, 6.07) is 12.6. The fourth-order valence-electron chi connectivity index (χ4n) is 2.48. The number of carbonyl (C=O) groups excluding carboxylic acids is 1. The number of carbonyl (C=O) groups is 1. The molecular weight excluding hydrogens is 340 g/mol. The molecule has 3 rings (SSSR count). The molecule has 0 aliphatic heterocycles. The Kier molecular flexibility index (Phi) is 5.07. The maximum absolute atomic E-state index is 14.4. The first-order valence-electron chi connectivity index (χ1n) is 7.72. The van der Waals surface area contributed by atoms with Gasteiger partial charge < -0.3 is 15.8 Å². The Labute approximate surface area is 148 Å². The minimum absolute atomic E-state index is 0.0566. The van der Waals surface area contributed by atoms with E-state index in [2.05, 4.69) is 10.3 Å². The normalized spacial score (nSPS) is 10.4. The van der Waals surface area contributed by atoms with E-state index < -0.39 is 11.8 Å². The molecule has 0 radical (unpaired) electrons. The van der Waals surface area contributed by atoms with Gasteiger partial charge in [0.2, 0.25) is 0 Å². The summed E-state index contributed by atoms with van der Waals surface area (Å²) in [5.74, 6) is -0.681. The number of aromatic nitrogens is 1. The van der Waals surface area contributed by atoms with Crippen LogP contribution < -0.4 is 15.8 Å². The van der Waals surface area contributed by atoms with E-state index in [1.807, 2.05) is 0 Å².